The number of aryl methyl sites for hydroxylation is 2. The third kappa shape index (κ3) is 5.07. The van der Waals surface area contributed by atoms with Gasteiger partial charge in [-0.2, -0.15) is 12.1 Å². The smallest absolute Gasteiger partial charge is 1.00 e. The average Bonchev–Trinajstić information content (AvgIpc) is 3.10. The Bertz CT molecular complexity index is 586. The van der Waals surface area contributed by atoms with Crippen molar-refractivity contribution in [1.82, 2.24) is 0 Å². The molecule has 2 aliphatic rings. The standard InChI is InChI=1S/C13H13.C5H5.2ClH.Ti/c1-3-7-12-10(5-1)9-11-6-2-4-8-13(11)12;1-2-4-5-3-1;;;/h1,3,5,7,9H,2,4,6,8H2;1-3H,4H2;2*1H;/q2*-1;;;+4/p-2. The van der Waals surface area contributed by atoms with Gasteiger partial charge in [0.2, 0.25) is 0 Å². The molecule has 0 saturated carbocycles. The fraction of sp³-hybridized carbons (Fsp3) is 0.278. The molecular formula is C18H18Cl2Ti. The van der Waals surface area contributed by atoms with E-state index in [0.29, 0.717) is 0 Å². The quantitative estimate of drug-likeness (QED) is 0.410. The van der Waals surface area contributed by atoms with Crippen molar-refractivity contribution in [2.45, 2.75) is 32.1 Å². The van der Waals surface area contributed by atoms with Gasteiger partial charge in [-0.3, -0.25) is 6.08 Å². The van der Waals surface area contributed by atoms with Gasteiger partial charge >= 0.3 is 21.7 Å². The van der Waals surface area contributed by atoms with Crippen molar-refractivity contribution < 1.29 is 46.5 Å². The summed E-state index contributed by atoms with van der Waals surface area (Å²) in [4.78, 5) is 0. The summed E-state index contributed by atoms with van der Waals surface area (Å²) in [7, 11) is 0. The summed E-state index contributed by atoms with van der Waals surface area (Å²) in [6, 6.07) is 11.2. The third-order valence-corrected chi connectivity index (χ3v) is 3.71. The first kappa shape index (κ1) is 20.6. The molecule has 0 fully saturated rings. The molecule has 3 heteroatoms. The van der Waals surface area contributed by atoms with E-state index in [9.17, 15) is 0 Å². The van der Waals surface area contributed by atoms with E-state index in [1.807, 2.05) is 12.2 Å². The number of benzene rings is 1. The second-order valence-electron chi connectivity index (χ2n) is 4.95. The van der Waals surface area contributed by atoms with E-state index in [-0.39, 0.29) is 46.5 Å². The summed E-state index contributed by atoms with van der Waals surface area (Å²) in [5, 5.41) is 2.94. The molecule has 0 aliphatic heterocycles. The maximum absolute atomic E-state index is 2.99. The Labute approximate surface area is 154 Å². The first-order valence-electron chi connectivity index (χ1n) is 6.83. The molecule has 2 aromatic rings. The van der Waals surface area contributed by atoms with E-state index in [4.69, 9.17) is 0 Å². The van der Waals surface area contributed by atoms with Crippen molar-refractivity contribution in [2.75, 3.05) is 0 Å². The molecule has 0 radical (unpaired) electrons. The van der Waals surface area contributed by atoms with Crippen molar-refractivity contribution in [1.29, 1.82) is 0 Å². The maximum atomic E-state index is 2.99. The van der Waals surface area contributed by atoms with Crippen LogP contribution in [-0.2, 0) is 34.6 Å². The van der Waals surface area contributed by atoms with Gasteiger partial charge in [-0.25, -0.2) is 12.2 Å². The number of allylic oxidation sites excluding steroid dienone is 4. The number of fused-ring (bicyclic) bond motifs is 3. The van der Waals surface area contributed by atoms with Crippen LogP contribution in [0.3, 0.4) is 0 Å². The topological polar surface area (TPSA) is 0 Å². The molecule has 0 atom stereocenters. The van der Waals surface area contributed by atoms with E-state index in [1.54, 1.807) is 11.1 Å². The molecule has 2 aromatic carbocycles. The van der Waals surface area contributed by atoms with Gasteiger partial charge in [-0.05, 0) is 6.42 Å². The molecule has 0 bridgehead atoms. The van der Waals surface area contributed by atoms with E-state index >= 15 is 0 Å². The largest absolute Gasteiger partial charge is 4.00 e. The molecule has 0 aromatic heterocycles. The fourth-order valence-corrected chi connectivity index (χ4v) is 2.82. The van der Waals surface area contributed by atoms with Crippen LogP contribution in [-0.4, -0.2) is 0 Å². The van der Waals surface area contributed by atoms with Gasteiger partial charge < -0.3 is 24.8 Å². The van der Waals surface area contributed by atoms with Crippen LogP contribution in [0.5, 0.6) is 0 Å². The van der Waals surface area contributed by atoms with E-state index < -0.39 is 0 Å². The van der Waals surface area contributed by atoms with Gasteiger partial charge in [-0.1, -0.05) is 25.3 Å². The van der Waals surface area contributed by atoms with E-state index in [2.05, 4.69) is 42.5 Å². The van der Waals surface area contributed by atoms with Crippen molar-refractivity contribution >= 4 is 10.8 Å². The van der Waals surface area contributed by atoms with Gasteiger partial charge in [0.25, 0.3) is 0 Å². The van der Waals surface area contributed by atoms with Gasteiger partial charge in [-0.15, -0.1) is 46.5 Å². The number of hydrogen-bond acceptors (Lipinski definition) is 0. The van der Waals surface area contributed by atoms with Crippen LogP contribution in [0.15, 0.2) is 48.6 Å². The molecular weight excluding hydrogens is 335 g/mol. The van der Waals surface area contributed by atoms with Crippen LogP contribution in [0.1, 0.15) is 30.4 Å². The van der Waals surface area contributed by atoms with Crippen LogP contribution in [0.25, 0.3) is 10.8 Å². The Kier molecular flexibility index (Phi) is 10.2. The molecule has 4 rings (SSSR count). The van der Waals surface area contributed by atoms with Gasteiger partial charge in [0, 0.05) is 0 Å². The molecule has 0 unspecified atom stereocenters. The molecule has 0 N–H and O–H groups in total. The van der Waals surface area contributed by atoms with Gasteiger partial charge in [0.1, 0.15) is 0 Å². The van der Waals surface area contributed by atoms with Crippen molar-refractivity contribution in [3.8, 4) is 0 Å². The van der Waals surface area contributed by atoms with Crippen molar-refractivity contribution in [3.63, 3.8) is 0 Å². The summed E-state index contributed by atoms with van der Waals surface area (Å²) in [5.41, 5.74) is 3.23. The van der Waals surface area contributed by atoms with Crippen LogP contribution in [0.4, 0.5) is 0 Å². The van der Waals surface area contributed by atoms with Crippen LogP contribution < -0.4 is 24.8 Å². The number of halogens is 2. The van der Waals surface area contributed by atoms with Crippen LogP contribution >= 0.6 is 0 Å². The number of rotatable bonds is 0. The molecule has 2 aliphatic carbocycles. The molecule has 0 nitrogen and oxygen atoms in total. The summed E-state index contributed by atoms with van der Waals surface area (Å²) < 4.78 is 0. The Morgan fingerprint density at radius 2 is 1.86 bits per heavy atom. The van der Waals surface area contributed by atoms with Gasteiger partial charge in [0.05, 0.1) is 0 Å². The monoisotopic (exact) mass is 352 g/mol. The molecule has 108 valence electrons. The average molecular weight is 353 g/mol. The summed E-state index contributed by atoms with van der Waals surface area (Å²) in [6.45, 7) is 0. The van der Waals surface area contributed by atoms with Crippen LogP contribution in [0.2, 0.25) is 0 Å². The Morgan fingerprint density at radius 3 is 2.52 bits per heavy atom. The van der Waals surface area contributed by atoms with E-state index in [1.165, 1.54) is 36.5 Å². The summed E-state index contributed by atoms with van der Waals surface area (Å²) in [5.74, 6) is 0. The predicted molar refractivity (Wildman–Crippen MR) is 77.8 cm³/mol. The minimum Gasteiger partial charge on any atom is -1.00 e. The zero-order valence-corrected chi connectivity index (χ0v) is 15.0. The predicted octanol–water partition coefficient (Wildman–Crippen LogP) is -1.25. The summed E-state index contributed by atoms with van der Waals surface area (Å²) >= 11 is 0. The Balaban J connectivity index is 0.000000437. The molecule has 0 saturated heterocycles. The van der Waals surface area contributed by atoms with E-state index in [0.717, 1.165) is 6.42 Å². The molecule has 0 amide bonds. The first-order chi connectivity index (χ1) is 8.95. The SMILES string of the molecule is [C-]1=CC=CC1.[Cl-].[Cl-].[Ti+4].c1ccc2c(c1)cc1[c-]2CCCC1. The second kappa shape index (κ2) is 10.4. The summed E-state index contributed by atoms with van der Waals surface area (Å²) in [6.07, 6.45) is 15.3. The zero-order valence-electron chi connectivity index (χ0n) is 11.9. The van der Waals surface area contributed by atoms with Crippen molar-refractivity contribution in [3.05, 3.63) is 65.8 Å². The number of hydrogen-bond donors (Lipinski definition) is 0. The molecule has 0 spiro atoms. The minimum absolute atomic E-state index is 0. The maximum Gasteiger partial charge on any atom is 4.00 e. The van der Waals surface area contributed by atoms with Crippen LogP contribution in [0, 0.1) is 6.08 Å². The fourth-order valence-electron chi connectivity index (χ4n) is 2.82. The Morgan fingerprint density at radius 1 is 1.05 bits per heavy atom. The van der Waals surface area contributed by atoms with Crippen molar-refractivity contribution in [2.24, 2.45) is 0 Å². The normalized spacial score (nSPS) is 14.1. The zero-order chi connectivity index (χ0) is 12.2. The molecule has 21 heavy (non-hydrogen) atoms. The minimum atomic E-state index is 0. The Hall–Kier alpha value is -0.396. The second-order valence-corrected chi connectivity index (χ2v) is 4.95. The van der Waals surface area contributed by atoms with Gasteiger partial charge in [0.15, 0.2) is 0 Å². The first-order valence-corrected chi connectivity index (χ1v) is 6.83. The third-order valence-electron chi connectivity index (χ3n) is 3.71. The molecule has 0 heterocycles.